The van der Waals surface area contributed by atoms with Crippen LogP contribution in [0.1, 0.15) is 26.2 Å². The van der Waals surface area contributed by atoms with E-state index in [4.69, 9.17) is 4.74 Å². The fraction of sp³-hybridized carbons (Fsp3) is 0.667. The number of nitrogens with one attached hydrogen (secondary N) is 1. The second-order valence-electron chi connectivity index (χ2n) is 4.40. The summed E-state index contributed by atoms with van der Waals surface area (Å²) < 4.78 is 5.90. The van der Waals surface area contributed by atoms with Gasteiger partial charge in [0.15, 0.2) is 0 Å². The van der Waals surface area contributed by atoms with E-state index < -0.39 is 0 Å². The van der Waals surface area contributed by atoms with Gasteiger partial charge in [-0.3, -0.25) is 0 Å². The molecule has 0 aliphatic heterocycles. The molecule has 1 saturated carbocycles. The van der Waals surface area contributed by atoms with E-state index in [1.54, 1.807) is 0 Å². The quantitative estimate of drug-likeness (QED) is 0.742. The SMILES string of the molecule is CN[C@H]1C[C@H](OC2=CC=CC(C)C2)C1. The van der Waals surface area contributed by atoms with Crippen molar-refractivity contribution in [3.63, 3.8) is 0 Å². The summed E-state index contributed by atoms with van der Waals surface area (Å²) in [6.45, 7) is 2.23. The van der Waals surface area contributed by atoms with Gasteiger partial charge in [0, 0.05) is 12.5 Å². The van der Waals surface area contributed by atoms with Gasteiger partial charge in [0.05, 0.1) is 5.76 Å². The third-order valence-corrected chi connectivity index (χ3v) is 3.07. The van der Waals surface area contributed by atoms with Gasteiger partial charge in [-0.05, 0) is 31.9 Å². The van der Waals surface area contributed by atoms with Crippen LogP contribution in [-0.2, 0) is 4.74 Å². The highest BCUT2D eigenvalue weighted by Crippen LogP contribution is 2.28. The summed E-state index contributed by atoms with van der Waals surface area (Å²) in [7, 11) is 2.02. The van der Waals surface area contributed by atoms with Crippen LogP contribution in [-0.4, -0.2) is 19.2 Å². The van der Waals surface area contributed by atoms with Crippen LogP contribution in [0.25, 0.3) is 0 Å². The van der Waals surface area contributed by atoms with Gasteiger partial charge >= 0.3 is 0 Å². The van der Waals surface area contributed by atoms with Crippen LogP contribution in [0.2, 0.25) is 0 Å². The summed E-state index contributed by atoms with van der Waals surface area (Å²) in [6.07, 6.45) is 10.3. The van der Waals surface area contributed by atoms with Crippen LogP contribution in [0.5, 0.6) is 0 Å². The molecule has 0 aromatic carbocycles. The zero-order valence-electron chi connectivity index (χ0n) is 8.99. The summed E-state index contributed by atoms with van der Waals surface area (Å²) in [5.41, 5.74) is 0. The van der Waals surface area contributed by atoms with Crippen LogP contribution in [0, 0.1) is 5.92 Å². The Morgan fingerprint density at radius 2 is 2.21 bits per heavy atom. The van der Waals surface area contributed by atoms with Crippen molar-refractivity contribution >= 4 is 0 Å². The normalized spacial score (nSPS) is 36.1. The first kappa shape index (κ1) is 9.78. The van der Waals surface area contributed by atoms with Crippen LogP contribution < -0.4 is 5.32 Å². The topological polar surface area (TPSA) is 21.3 Å². The van der Waals surface area contributed by atoms with Gasteiger partial charge in [-0.2, -0.15) is 0 Å². The Labute approximate surface area is 86.0 Å². The zero-order valence-corrected chi connectivity index (χ0v) is 8.99. The van der Waals surface area contributed by atoms with Gasteiger partial charge in [0.25, 0.3) is 0 Å². The highest BCUT2D eigenvalue weighted by Gasteiger charge is 2.30. The van der Waals surface area contributed by atoms with Crippen LogP contribution in [0.3, 0.4) is 0 Å². The lowest BCUT2D eigenvalue weighted by Crippen LogP contribution is -2.43. The first-order valence-electron chi connectivity index (χ1n) is 5.49. The lowest BCUT2D eigenvalue weighted by atomic mass is 9.89. The van der Waals surface area contributed by atoms with Gasteiger partial charge in [0.1, 0.15) is 6.10 Å². The van der Waals surface area contributed by atoms with E-state index in [0.29, 0.717) is 18.1 Å². The van der Waals surface area contributed by atoms with E-state index in [0.717, 1.165) is 19.3 Å². The Kier molecular flexibility index (Phi) is 2.92. The maximum Gasteiger partial charge on any atom is 0.101 e. The molecule has 1 unspecified atom stereocenters. The summed E-state index contributed by atoms with van der Waals surface area (Å²) in [4.78, 5) is 0. The number of hydrogen-bond donors (Lipinski definition) is 1. The van der Waals surface area contributed by atoms with Gasteiger partial charge in [0.2, 0.25) is 0 Å². The summed E-state index contributed by atoms with van der Waals surface area (Å²) in [6, 6.07) is 0.678. The number of rotatable bonds is 3. The van der Waals surface area contributed by atoms with Crippen molar-refractivity contribution in [1.82, 2.24) is 5.32 Å². The van der Waals surface area contributed by atoms with Crippen molar-refractivity contribution in [2.24, 2.45) is 5.92 Å². The van der Waals surface area contributed by atoms with Crippen molar-refractivity contribution in [1.29, 1.82) is 0 Å². The maximum atomic E-state index is 5.90. The highest BCUT2D eigenvalue weighted by molar-refractivity contribution is 5.15. The highest BCUT2D eigenvalue weighted by atomic mass is 16.5. The molecule has 2 rings (SSSR count). The molecule has 0 aromatic rings. The monoisotopic (exact) mass is 193 g/mol. The van der Waals surface area contributed by atoms with Crippen molar-refractivity contribution in [3.05, 3.63) is 24.0 Å². The van der Waals surface area contributed by atoms with E-state index in [1.807, 2.05) is 7.05 Å². The Bertz CT molecular complexity index is 251. The van der Waals surface area contributed by atoms with Gasteiger partial charge < -0.3 is 10.1 Å². The lowest BCUT2D eigenvalue weighted by molar-refractivity contribution is 0.0236. The number of allylic oxidation sites excluding steroid dienone is 4. The Morgan fingerprint density at radius 3 is 2.86 bits per heavy atom. The minimum Gasteiger partial charge on any atom is -0.495 e. The zero-order chi connectivity index (χ0) is 9.97. The van der Waals surface area contributed by atoms with Crippen LogP contribution in [0.15, 0.2) is 24.0 Å². The van der Waals surface area contributed by atoms with Crippen molar-refractivity contribution in [3.8, 4) is 0 Å². The molecule has 1 atom stereocenters. The average molecular weight is 193 g/mol. The van der Waals surface area contributed by atoms with Crippen molar-refractivity contribution in [2.45, 2.75) is 38.3 Å². The standard InChI is InChI=1S/C12H19NO/c1-9-4-3-5-11(6-9)14-12-7-10(8-12)13-2/h3-5,9-10,12-13H,6-8H2,1-2H3/t9?,10-,12-. The molecule has 1 N–H and O–H groups in total. The van der Waals surface area contributed by atoms with E-state index in [9.17, 15) is 0 Å². The third-order valence-electron chi connectivity index (χ3n) is 3.07. The Morgan fingerprint density at radius 1 is 1.43 bits per heavy atom. The molecule has 0 amide bonds. The Hall–Kier alpha value is -0.760. The molecule has 0 aromatic heterocycles. The van der Waals surface area contributed by atoms with E-state index in [-0.39, 0.29) is 0 Å². The maximum absolute atomic E-state index is 5.90. The molecule has 2 aliphatic rings. The average Bonchev–Trinajstić information content (AvgIpc) is 2.10. The summed E-state index contributed by atoms with van der Waals surface area (Å²) in [5, 5.41) is 3.26. The minimum atomic E-state index is 0.456. The molecule has 0 heterocycles. The molecule has 14 heavy (non-hydrogen) atoms. The second-order valence-corrected chi connectivity index (χ2v) is 4.40. The molecular formula is C12H19NO. The molecular weight excluding hydrogens is 174 g/mol. The predicted molar refractivity (Wildman–Crippen MR) is 58.0 cm³/mol. The van der Waals surface area contributed by atoms with E-state index in [2.05, 4.69) is 30.5 Å². The van der Waals surface area contributed by atoms with Crippen molar-refractivity contribution < 1.29 is 4.74 Å². The predicted octanol–water partition coefficient (Wildman–Crippen LogP) is 2.23. The first-order valence-corrected chi connectivity index (χ1v) is 5.49. The lowest BCUT2D eigenvalue weighted by Gasteiger charge is -2.36. The second kappa shape index (κ2) is 4.18. The van der Waals surface area contributed by atoms with Gasteiger partial charge in [-0.1, -0.05) is 19.1 Å². The number of hydrogen-bond acceptors (Lipinski definition) is 2. The van der Waals surface area contributed by atoms with E-state index in [1.165, 1.54) is 5.76 Å². The van der Waals surface area contributed by atoms with Crippen LogP contribution >= 0.6 is 0 Å². The molecule has 0 radical (unpaired) electrons. The third kappa shape index (κ3) is 2.18. The largest absolute Gasteiger partial charge is 0.495 e. The fourth-order valence-electron chi connectivity index (χ4n) is 2.01. The number of ether oxygens (including phenoxy) is 1. The van der Waals surface area contributed by atoms with Crippen molar-refractivity contribution in [2.75, 3.05) is 7.05 Å². The summed E-state index contributed by atoms with van der Waals surface area (Å²) in [5.74, 6) is 1.80. The fourth-order valence-corrected chi connectivity index (χ4v) is 2.01. The van der Waals surface area contributed by atoms with Crippen LogP contribution in [0.4, 0.5) is 0 Å². The molecule has 0 spiro atoms. The molecule has 2 aliphatic carbocycles. The molecule has 0 saturated heterocycles. The molecule has 0 bridgehead atoms. The summed E-state index contributed by atoms with van der Waals surface area (Å²) >= 11 is 0. The minimum absolute atomic E-state index is 0.456. The molecule has 1 fully saturated rings. The molecule has 78 valence electrons. The van der Waals surface area contributed by atoms with Gasteiger partial charge in [-0.15, -0.1) is 0 Å². The molecule has 2 nitrogen and oxygen atoms in total. The first-order chi connectivity index (χ1) is 6.78. The smallest absolute Gasteiger partial charge is 0.101 e. The van der Waals surface area contributed by atoms with E-state index >= 15 is 0 Å². The van der Waals surface area contributed by atoms with Gasteiger partial charge in [-0.25, -0.2) is 0 Å². The Balaban J connectivity index is 1.76. The molecule has 2 heteroatoms.